The van der Waals surface area contributed by atoms with Crippen LogP contribution in [0.3, 0.4) is 0 Å². The number of anilines is 6. The summed E-state index contributed by atoms with van der Waals surface area (Å²) in [7, 11) is 0. The van der Waals surface area contributed by atoms with Crippen LogP contribution < -0.4 is 14.5 Å². The van der Waals surface area contributed by atoms with Crippen molar-refractivity contribution in [2.75, 3.05) is 9.80 Å². The molecular weight excluding hydrogens is 1020 g/mol. The number of rotatable bonds is 8. The molecule has 0 amide bonds. The Balaban J connectivity index is 0.965. The fourth-order valence-corrected chi connectivity index (χ4v) is 14.8. The van der Waals surface area contributed by atoms with Crippen LogP contribution in [0.25, 0.3) is 69.9 Å². The van der Waals surface area contributed by atoms with Crippen molar-refractivity contribution in [3.05, 3.63) is 294 Å². The number of fused-ring (bicyclic) bond motifs is 15. The molecule has 380 valence electrons. The molecule has 4 nitrogen and oxygen atoms in total. The van der Waals surface area contributed by atoms with Gasteiger partial charge in [0.05, 0.1) is 27.9 Å². The van der Waals surface area contributed by atoms with E-state index in [1.54, 1.807) is 0 Å². The SMILES string of the molecule is CC1C=CC=C(c2ccc(N(c3ccccc3)c3ccc4c(c3)C3(c5cc(Cl)ccc5Oc5c(N(c6ccccc6)c6ccc(-c7ccccc7)c7sc8ccccc8c67)cccc53)c3ccccc3-4)c3c2oc2ccccc23)C1. The highest BCUT2D eigenvalue weighted by atomic mass is 35.5. The van der Waals surface area contributed by atoms with Gasteiger partial charge in [0.15, 0.2) is 5.75 Å². The van der Waals surface area contributed by atoms with E-state index in [-0.39, 0.29) is 0 Å². The second-order valence-corrected chi connectivity index (χ2v) is 22.7. The van der Waals surface area contributed by atoms with E-state index in [1.165, 1.54) is 48.0 Å². The number of furan rings is 1. The molecule has 0 N–H and O–H groups in total. The molecule has 0 fully saturated rings. The minimum absolute atomic E-state index is 0.425. The lowest BCUT2D eigenvalue weighted by Crippen LogP contribution is -2.33. The smallest absolute Gasteiger partial charge is 0.156 e. The van der Waals surface area contributed by atoms with Crippen LogP contribution in [0.1, 0.15) is 41.2 Å². The van der Waals surface area contributed by atoms with Gasteiger partial charge in [0.25, 0.3) is 0 Å². The van der Waals surface area contributed by atoms with Gasteiger partial charge in [-0.05, 0) is 142 Å². The topological polar surface area (TPSA) is 28.9 Å². The highest BCUT2D eigenvalue weighted by molar-refractivity contribution is 7.26. The molecule has 11 aromatic carbocycles. The Labute approximate surface area is 473 Å². The van der Waals surface area contributed by atoms with E-state index in [1.807, 2.05) is 17.4 Å². The van der Waals surface area contributed by atoms with Crippen molar-refractivity contribution in [1.82, 2.24) is 0 Å². The summed E-state index contributed by atoms with van der Waals surface area (Å²) in [5, 5.41) is 5.20. The van der Waals surface area contributed by atoms with Crippen LogP contribution >= 0.6 is 22.9 Å². The number of benzene rings is 11. The molecule has 3 aliphatic rings. The van der Waals surface area contributed by atoms with Crippen molar-refractivity contribution in [3.8, 4) is 33.8 Å². The highest BCUT2D eigenvalue weighted by Gasteiger charge is 2.52. The predicted molar refractivity (Wildman–Crippen MR) is 335 cm³/mol. The molecule has 0 bridgehead atoms. The fourth-order valence-electron chi connectivity index (χ4n) is 13.4. The first-order valence-electron chi connectivity index (χ1n) is 27.4. The Morgan fingerprint density at radius 2 is 1.16 bits per heavy atom. The lowest BCUT2D eigenvalue weighted by molar-refractivity contribution is 0.437. The van der Waals surface area contributed by atoms with Crippen LogP contribution in [0, 0.1) is 5.92 Å². The summed E-state index contributed by atoms with van der Waals surface area (Å²) >= 11 is 9.08. The number of hydrogen-bond donors (Lipinski definition) is 0. The molecule has 2 aliphatic carbocycles. The monoisotopic (exact) mass is 1060 g/mol. The summed E-state index contributed by atoms with van der Waals surface area (Å²) in [5.74, 6) is 1.96. The summed E-state index contributed by atoms with van der Waals surface area (Å²) in [6, 6.07) is 87.6. The maximum atomic E-state index is 7.52. The van der Waals surface area contributed by atoms with Gasteiger partial charge >= 0.3 is 0 Å². The zero-order valence-corrected chi connectivity index (χ0v) is 45.2. The molecule has 0 saturated heterocycles. The van der Waals surface area contributed by atoms with Gasteiger partial charge < -0.3 is 19.0 Å². The number of thiophene rings is 1. The predicted octanol–water partition coefficient (Wildman–Crippen LogP) is 21.7. The van der Waals surface area contributed by atoms with Gasteiger partial charge in [-0.15, -0.1) is 11.3 Å². The van der Waals surface area contributed by atoms with E-state index < -0.39 is 5.41 Å². The molecule has 13 aromatic rings. The Hall–Kier alpha value is -9.39. The minimum Gasteiger partial charge on any atom is -0.455 e. The van der Waals surface area contributed by atoms with E-state index in [0.717, 1.165) is 102 Å². The largest absolute Gasteiger partial charge is 0.455 e. The summed E-state index contributed by atoms with van der Waals surface area (Å²) in [4.78, 5) is 4.84. The molecule has 2 atom stereocenters. The van der Waals surface area contributed by atoms with E-state index >= 15 is 0 Å². The molecule has 2 unspecified atom stereocenters. The van der Waals surface area contributed by atoms with Crippen molar-refractivity contribution in [2.24, 2.45) is 5.92 Å². The molecule has 3 heterocycles. The Kier molecular flexibility index (Phi) is 10.7. The number of allylic oxidation sites excluding steroid dienone is 4. The maximum absolute atomic E-state index is 7.52. The van der Waals surface area contributed by atoms with Crippen molar-refractivity contribution in [1.29, 1.82) is 0 Å². The van der Waals surface area contributed by atoms with E-state index in [4.69, 9.17) is 20.8 Å². The molecule has 16 rings (SSSR count). The van der Waals surface area contributed by atoms with Crippen molar-refractivity contribution < 1.29 is 9.15 Å². The van der Waals surface area contributed by atoms with Crippen LogP contribution in [0.5, 0.6) is 11.5 Å². The molecule has 0 radical (unpaired) electrons. The third-order valence-corrected chi connectivity index (χ3v) is 18.2. The standard InChI is InChI=1S/C74H49ClN2O2S/c1-46-19-17-22-48(43-46)53-38-40-63(69-57-28-12-15-33-66(57)78-71(53)69)76(50-23-7-3-8-24-50)52-36-37-56-55-27-11-14-30-59(55)74(61(56)45-52)60-31-18-32-65(72(60)79-67-42-35-49(75)44-62(67)74)77(51-25-9-4-10-26-51)64-41-39-54(47-20-5-2-6-21-47)73-70(64)58-29-13-16-34-68(58)80-73/h2-42,44-46H,43H2,1H3. The molecule has 1 spiro atoms. The van der Waals surface area contributed by atoms with Gasteiger partial charge in [-0.25, -0.2) is 0 Å². The van der Waals surface area contributed by atoms with Crippen LogP contribution in [-0.2, 0) is 5.41 Å². The zero-order chi connectivity index (χ0) is 53.1. The molecule has 6 heteroatoms. The van der Waals surface area contributed by atoms with Gasteiger partial charge in [-0.2, -0.15) is 0 Å². The van der Waals surface area contributed by atoms with Crippen molar-refractivity contribution in [2.45, 2.75) is 18.8 Å². The van der Waals surface area contributed by atoms with Crippen LogP contribution in [0.4, 0.5) is 34.1 Å². The van der Waals surface area contributed by atoms with Crippen LogP contribution in [-0.4, -0.2) is 0 Å². The van der Waals surface area contributed by atoms with E-state index in [2.05, 4.69) is 272 Å². The Morgan fingerprint density at radius 1 is 0.500 bits per heavy atom. The third-order valence-electron chi connectivity index (χ3n) is 16.7. The van der Waals surface area contributed by atoms with Crippen molar-refractivity contribution in [3.63, 3.8) is 0 Å². The zero-order valence-electron chi connectivity index (χ0n) is 43.6. The lowest BCUT2D eigenvalue weighted by Gasteiger charge is -2.41. The number of para-hydroxylation sites is 4. The summed E-state index contributed by atoms with van der Waals surface area (Å²) < 4.78 is 17.0. The van der Waals surface area contributed by atoms with Crippen LogP contribution in [0.15, 0.2) is 265 Å². The quantitative estimate of drug-likeness (QED) is 0.152. The maximum Gasteiger partial charge on any atom is 0.156 e. The van der Waals surface area contributed by atoms with Crippen molar-refractivity contribution >= 4 is 105 Å². The lowest BCUT2D eigenvalue weighted by atomic mass is 9.66. The number of ether oxygens (including phenoxy) is 1. The number of hydrogen-bond acceptors (Lipinski definition) is 5. The molecular formula is C74H49ClN2O2S. The molecule has 80 heavy (non-hydrogen) atoms. The average Bonchev–Trinajstić information content (AvgIpc) is 3.98. The molecule has 0 saturated carbocycles. The highest BCUT2D eigenvalue weighted by Crippen LogP contribution is 2.65. The normalized spacial score (nSPS) is 15.9. The average molecular weight is 1070 g/mol. The summed E-state index contributed by atoms with van der Waals surface area (Å²) in [6.07, 6.45) is 7.66. The Bertz CT molecular complexity index is 4710. The minimum atomic E-state index is -0.878. The van der Waals surface area contributed by atoms with E-state index in [9.17, 15) is 0 Å². The Morgan fingerprint density at radius 3 is 1.98 bits per heavy atom. The van der Waals surface area contributed by atoms with Gasteiger partial charge in [0, 0.05) is 64.3 Å². The first-order valence-corrected chi connectivity index (χ1v) is 28.6. The van der Waals surface area contributed by atoms with Gasteiger partial charge in [-0.1, -0.05) is 188 Å². The van der Waals surface area contributed by atoms with E-state index in [0.29, 0.717) is 10.9 Å². The second kappa shape index (κ2) is 18.4. The molecule has 2 aromatic heterocycles. The van der Waals surface area contributed by atoms with Gasteiger partial charge in [0.1, 0.15) is 16.9 Å². The number of nitrogens with zero attached hydrogens (tertiary/aromatic N) is 2. The second-order valence-electron chi connectivity index (χ2n) is 21.3. The summed E-state index contributed by atoms with van der Waals surface area (Å²) in [6.45, 7) is 2.28. The first kappa shape index (κ1) is 46.7. The summed E-state index contributed by atoms with van der Waals surface area (Å²) in [5.41, 5.74) is 18.4. The van der Waals surface area contributed by atoms with Gasteiger partial charge in [-0.3, -0.25) is 0 Å². The third kappa shape index (κ3) is 7.00. The first-order chi connectivity index (χ1) is 39.5. The molecule has 1 aliphatic heterocycles. The fraction of sp³-hybridized carbons (Fsp3) is 0.0541. The van der Waals surface area contributed by atoms with Gasteiger partial charge in [0.2, 0.25) is 0 Å². The van der Waals surface area contributed by atoms with Crippen LogP contribution in [0.2, 0.25) is 5.02 Å². The number of halogens is 1.